The van der Waals surface area contributed by atoms with Crippen molar-refractivity contribution in [1.82, 2.24) is 0 Å². The molecule has 2 aromatic rings. The fourth-order valence-corrected chi connectivity index (χ4v) is 2.55. The van der Waals surface area contributed by atoms with Crippen LogP contribution in [0.25, 0.3) is 11.1 Å². The van der Waals surface area contributed by atoms with Gasteiger partial charge < -0.3 is 4.74 Å². The second-order valence-corrected chi connectivity index (χ2v) is 5.58. The maximum absolute atomic E-state index is 13.0. The second kappa shape index (κ2) is 7.73. The summed E-state index contributed by atoms with van der Waals surface area (Å²) in [7, 11) is 0. The van der Waals surface area contributed by atoms with E-state index >= 15 is 0 Å². The number of benzene rings is 2. The molecule has 0 radical (unpaired) electrons. The van der Waals surface area contributed by atoms with Gasteiger partial charge in [0.1, 0.15) is 5.82 Å². The van der Waals surface area contributed by atoms with E-state index < -0.39 is 0 Å². The first kappa shape index (κ1) is 16.9. The molecule has 0 aliphatic rings. The highest BCUT2D eigenvalue weighted by molar-refractivity contribution is 5.82. The number of esters is 1. The number of hydrogen-bond acceptors (Lipinski definition) is 2. The highest BCUT2D eigenvalue weighted by Crippen LogP contribution is 2.25. The summed E-state index contributed by atoms with van der Waals surface area (Å²) in [5, 5.41) is 0. The predicted molar refractivity (Wildman–Crippen MR) is 90.7 cm³/mol. The lowest BCUT2D eigenvalue weighted by atomic mass is 9.96. The molecule has 0 spiro atoms. The van der Waals surface area contributed by atoms with Crippen molar-refractivity contribution in [2.45, 2.75) is 27.2 Å². The van der Waals surface area contributed by atoms with Crippen molar-refractivity contribution < 1.29 is 13.9 Å². The van der Waals surface area contributed by atoms with Crippen LogP contribution in [0.15, 0.2) is 54.1 Å². The molecule has 0 fully saturated rings. The Morgan fingerprint density at radius 1 is 1.17 bits per heavy atom. The first-order chi connectivity index (χ1) is 11.0. The van der Waals surface area contributed by atoms with Crippen molar-refractivity contribution in [2.75, 3.05) is 6.61 Å². The third-order valence-electron chi connectivity index (χ3n) is 3.58. The molecule has 2 nitrogen and oxygen atoms in total. The highest BCUT2D eigenvalue weighted by atomic mass is 19.1. The topological polar surface area (TPSA) is 26.3 Å². The van der Waals surface area contributed by atoms with E-state index in [1.807, 2.05) is 26.0 Å². The molecule has 0 saturated heterocycles. The van der Waals surface area contributed by atoms with Gasteiger partial charge in [-0.25, -0.2) is 9.18 Å². The van der Waals surface area contributed by atoms with Crippen LogP contribution in [0.5, 0.6) is 0 Å². The van der Waals surface area contributed by atoms with Gasteiger partial charge in [0.2, 0.25) is 0 Å². The van der Waals surface area contributed by atoms with E-state index in [1.54, 1.807) is 19.1 Å². The van der Waals surface area contributed by atoms with Gasteiger partial charge >= 0.3 is 5.97 Å². The molecule has 0 N–H and O–H groups in total. The first-order valence-corrected chi connectivity index (χ1v) is 7.69. The van der Waals surface area contributed by atoms with Crippen molar-refractivity contribution in [3.05, 3.63) is 71.1 Å². The van der Waals surface area contributed by atoms with Crippen LogP contribution in [0.4, 0.5) is 4.39 Å². The zero-order valence-corrected chi connectivity index (χ0v) is 13.7. The van der Waals surface area contributed by atoms with Gasteiger partial charge in [0.25, 0.3) is 0 Å². The number of ether oxygens (including phenoxy) is 1. The Morgan fingerprint density at radius 3 is 2.48 bits per heavy atom. The van der Waals surface area contributed by atoms with Gasteiger partial charge in [0.05, 0.1) is 6.61 Å². The Balaban J connectivity index is 2.16. The van der Waals surface area contributed by atoms with E-state index in [0.29, 0.717) is 13.0 Å². The number of halogens is 1. The van der Waals surface area contributed by atoms with Gasteiger partial charge in [-0.05, 0) is 61.6 Å². The van der Waals surface area contributed by atoms with Gasteiger partial charge in [-0.2, -0.15) is 0 Å². The summed E-state index contributed by atoms with van der Waals surface area (Å²) in [6, 6.07) is 12.7. The second-order valence-electron chi connectivity index (χ2n) is 5.58. The summed E-state index contributed by atoms with van der Waals surface area (Å²) < 4.78 is 17.9. The summed E-state index contributed by atoms with van der Waals surface area (Å²) >= 11 is 0. The molecule has 120 valence electrons. The van der Waals surface area contributed by atoms with Crippen LogP contribution in [0, 0.1) is 12.7 Å². The molecule has 0 amide bonds. The van der Waals surface area contributed by atoms with Crippen LogP contribution in [-0.4, -0.2) is 12.6 Å². The molecule has 0 unspecified atom stereocenters. The Labute approximate surface area is 136 Å². The normalized spacial score (nSPS) is 11.4. The van der Waals surface area contributed by atoms with Gasteiger partial charge in [0, 0.05) is 6.08 Å². The van der Waals surface area contributed by atoms with Crippen molar-refractivity contribution >= 4 is 5.97 Å². The molecule has 0 saturated carbocycles. The lowest BCUT2D eigenvalue weighted by Crippen LogP contribution is -2.01. The zero-order chi connectivity index (χ0) is 16.8. The Hall–Kier alpha value is -2.42. The minimum absolute atomic E-state index is 0.234. The monoisotopic (exact) mass is 312 g/mol. The standard InChI is InChI=1S/C20H21FO2/c1-4-23-20(22)12-14(2)11-16-5-10-19(15(3)13-16)17-6-8-18(21)9-7-17/h5-10,12-13H,4,11H2,1-3H3/b14-12+. The lowest BCUT2D eigenvalue weighted by Gasteiger charge is -2.09. The van der Waals surface area contributed by atoms with E-state index in [4.69, 9.17) is 4.74 Å². The Bertz CT molecular complexity index is 715. The highest BCUT2D eigenvalue weighted by Gasteiger charge is 2.05. The maximum atomic E-state index is 13.0. The summed E-state index contributed by atoms with van der Waals surface area (Å²) in [5.74, 6) is -0.535. The molecule has 0 atom stereocenters. The smallest absolute Gasteiger partial charge is 0.330 e. The van der Waals surface area contributed by atoms with E-state index in [2.05, 4.69) is 6.07 Å². The van der Waals surface area contributed by atoms with Gasteiger partial charge in [0.15, 0.2) is 0 Å². The molecular weight excluding hydrogens is 291 g/mol. The SMILES string of the molecule is CCOC(=O)/C=C(\C)Cc1ccc(-c2ccc(F)cc2)c(C)c1. The van der Waals surface area contributed by atoms with E-state index in [0.717, 1.165) is 27.8 Å². The van der Waals surface area contributed by atoms with Crippen LogP contribution in [0.1, 0.15) is 25.0 Å². The van der Waals surface area contributed by atoms with E-state index in [-0.39, 0.29) is 11.8 Å². The largest absolute Gasteiger partial charge is 0.463 e. The summed E-state index contributed by atoms with van der Waals surface area (Å²) in [6.45, 7) is 6.12. The molecule has 0 heterocycles. The van der Waals surface area contributed by atoms with Crippen molar-refractivity contribution in [1.29, 1.82) is 0 Å². The van der Waals surface area contributed by atoms with Crippen LogP contribution in [0.3, 0.4) is 0 Å². The number of allylic oxidation sites excluding steroid dienone is 1. The van der Waals surface area contributed by atoms with Crippen LogP contribution >= 0.6 is 0 Å². The van der Waals surface area contributed by atoms with Gasteiger partial charge in [-0.15, -0.1) is 0 Å². The fourth-order valence-electron chi connectivity index (χ4n) is 2.55. The summed E-state index contributed by atoms with van der Waals surface area (Å²) in [6.07, 6.45) is 2.23. The predicted octanol–water partition coefficient (Wildman–Crippen LogP) is 4.85. The average Bonchev–Trinajstić information content (AvgIpc) is 2.48. The lowest BCUT2D eigenvalue weighted by molar-refractivity contribution is -0.137. The minimum Gasteiger partial charge on any atom is -0.463 e. The average molecular weight is 312 g/mol. The Morgan fingerprint density at radius 2 is 1.87 bits per heavy atom. The number of carbonyl (C=O) groups excluding carboxylic acids is 1. The molecule has 0 bridgehead atoms. The third-order valence-corrected chi connectivity index (χ3v) is 3.58. The van der Waals surface area contributed by atoms with Gasteiger partial charge in [-0.1, -0.05) is 35.9 Å². The van der Waals surface area contributed by atoms with Crippen LogP contribution < -0.4 is 0 Å². The minimum atomic E-state index is -0.301. The van der Waals surface area contributed by atoms with Crippen molar-refractivity contribution in [3.8, 4) is 11.1 Å². The van der Waals surface area contributed by atoms with Crippen LogP contribution in [0.2, 0.25) is 0 Å². The first-order valence-electron chi connectivity index (χ1n) is 7.69. The number of rotatable bonds is 5. The van der Waals surface area contributed by atoms with E-state index in [1.165, 1.54) is 18.2 Å². The van der Waals surface area contributed by atoms with Crippen LogP contribution in [-0.2, 0) is 16.0 Å². The van der Waals surface area contributed by atoms with Gasteiger partial charge in [-0.3, -0.25) is 0 Å². The molecule has 0 aliphatic heterocycles. The molecule has 23 heavy (non-hydrogen) atoms. The Kier molecular flexibility index (Phi) is 5.69. The molecule has 2 aromatic carbocycles. The summed E-state index contributed by atoms with van der Waals surface area (Å²) in [4.78, 5) is 11.4. The molecule has 0 aromatic heterocycles. The van der Waals surface area contributed by atoms with Crippen molar-refractivity contribution in [3.63, 3.8) is 0 Å². The zero-order valence-electron chi connectivity index (χ0n) is 13.7. The number of hydrogen-bond donors (Lipinski definition) is 0. The van der Waals surface area contributed by atoms with E-state index in [9.17, 15) is 9.18 Å². The fraction of sp³-hybridized carbons (Fsp3) is 0.250. The molecular formula is C20H21FO2. The number of aryl methyl sites for hydroxylation is 1. The molecule has 3 heteroatoms. The van der Waals surface area contributed by atoms with Crippen molar-refractivity contribution in [2.24, 2.45) is 0 Å². The quantitative estimate of drug-likeness (QED) is 0.582. The summed E-state index contributed by atoms with van der Waals surface area (Å²) in [5.41, 5.74) is 5.29. The number of carbonyl (C=O) groups is 1. The third kappa shape index (κ3) is 4.78. The maximum Gasteiger partial charge on any atom is 0.330 e. The molecule has 2 rings (SSSR count). The molecule has 0 aliphatic carbocycles.